The topological polar surface area (TPSA) is 148 Å². The lowest BCUT2D eigenvalue weighted by atomic mass is 9.97. The van der Waals surface area contributed by atoms with E-state index in [0.29, 0.717) is 19.3 Å². The highest BCUT2D eigenvalue weighted by atomic mass is 16.4. The van der Waals surface area contributed by atoms with Crippen molar-refractivity contribution < 1.29 is 29.1 Å². The van der Waals surface area contributed by atoms with Crippen LogP contribution in [0.25, 0.3) is 0 Å². The minimum absolute atomic E-state index is 0.0385. The molecular weight excluding hydrogens is 538 g/mol. The Bertz CT molecular complexity index is 1050. The van der Waals surface area contributed by atoms with Crippen LogP contribution in [0.5, 0.6) is 0 Å². The Kier molecular flexibility index (Phi) is 15.2. The van der Waals surface area contributed by atoms with Crippen LogP contribution >= 0.6 is 0 Å². The first kappa shape index (κ1) is 36.6. The highest BCUT2D eigenvalue weighted by molar-refractivity contribution is 5.95. The minimum atomic E-state index is -1.16. The highest BCUT2D eigenvalue weighted by Crippen LogP contribution is 2.17. The first-order valence-electron chi connectivity index (χ1n) is 14.6. The van der Waals surface area contributed by atoms with Gasteiger partial charge in [0.2, 0.25) is 23.6 Å². The molecule has 0 aliphatic carbocycles. The van der Waals surface area contributed by atoms with Crippen LogP contribution in [0.3, 0.4) is 0 Å². The Morgan fingerprint density at radius 1 is 0.786 bits per heavy atom. The van der Waals surface area contributed by atoms with Crippen LogP contribution in [0.1, 0.15) is 59.9 Å². The summed E-state index contributed by atoms with van der Waals surface area (Å²) in [5.41, 5.74) is 0.979. The lowest BCUT2D eigenvalue weighted by Crippen LogP contribution is -2.59. The van der Waals surface area contributed by atoms with Gasteiger partial charge in [0, 0.05) is 14.1 Å². The smallest absolute Gasteiger partial charge is 0.323 e. The number of hydrogen-bond acceptors (Lipinski definition) is 6. The van der Waals surface area contributed by atoms with Crippen LogP contribution in [0.2, 0.25) is 0 Å². The van der Waals surface area contributed by atoms with Gasteiger partial charge in [-0.15, -0.1) is 0 Å². The number of benzene rings is 1. The number of hydrogen-bond donors (Lipinski definition) is 4. The van der Waals surface area contributed by atoms with Crippen LogP contribution < -0.4 is 16.0 Å². The maximum Gasteiger partial charge on any atom is 0.323 e. The van der Waals surface area contributed by atoms with Crippen molar-refractivity contribution in [1.29, 1.82) is 0 Å². The fraction of sp³-hybridized carbons (Fsp3) is 0.645. The number of likely N-dealkylation sites (N-methyl/N-ethyl adjacent to an activating group) is 3. The summed E-state index contributed by atoms with van der Waals surface area (Å²) >= 11 is 0. The van der Waals surface area contributed by atoms with E-state index in [2.05, 4.69) is 16.0 Å². The van der Waals surface area contributed by atoms with Gasteiger partial charge in [0.25, 0.3) is 0 Å². The standard InChI is InChI=1S/C31H51N5O6/c1-19(2)15-24(33-28(39)23(32-7)17-22-13-11-10-12-14-22)30(41)36(9)25(16-20(3)4)29(40)34-27(21(5)6)31(42)35(8)18-26(37)38/h10-14,19-21,23-25,27,32H,15-18H2,1-9H3,(H,33,39)(H,34,40)(H,37,38)/t23-,24-,25-,27-/m0/s1. The molecule has 0 aliphatic heterocycles. The van der Waals surface area contributed by atoms with Gasteiger partial charge >= 0.3 is 5.97 Å². The molecule has 0 heterocycles. The highest BCUT2D eigenvalue weighted by Gasteiger charge is 2.36. The number of carbonyl (C=O) groups is 5. The monoisotopic (exact) mass is 589 g/mol. The van der Waals surface area contributed by atoms with Gasteiger partial charge in [-0.05, 0) is 49.6 Å². The van der Waals surface area contributed by atoms with Gasteiger partial charge in [0.15, 0.2) is 0 Å². The van der Waals surface area contributed by atoms with Gasteiger partial charge < -0.3 is 30.9 Å². The largest absolute Gasteiger partial charge is 0.480 e. The molecule has 4 N–H and O–H groups in total. The summed E-state index contributed by atoms with van der Waals surface area (Å²) in [7, 11) is 4.60. The molecule has 0 radical (unpaired) electrons. The Labute approximate surface area is 250 Å². The number of nitrogens with zero attached hydrogens (tertiary/aromatic N) is 2. The van der Waals surface area contributed by atoms with E-state index in [1.807, 2.05) is 58.0 Å². The zero-order valence-corrected chi connectivity index (χ0v) is 26.6. The molecule has 236 valence electrons. The Hall–Kier alpha value is -3.47. The van der Waals surface area contributed by atoms with E-state index in [4.69, 9.17) is 5.11 Å². The van der Waals surface area contributed by atoms with Gasteiger partial charge in [-0.3, -0.25) is 24.0 Å². The average Bonchev–Trinajstić information content (AvgIpc) is 2.91. The summed E-state index contributed by atoms with van der Waals surface area (Å²) in [4.78, 5) is 67.3. The number of carbonyl (C=O) groups excluding carboxylic acids is 4. The molecule has 11 nitrogen and oxygen atoms in total. The van der Waals surface area contributed by atoms with Crippen molar-refractivity contribution in [2.45, 2.75) is 85.0 Å². The molecule has 0 aromatic heterocycles. The molecule has 0 spiro atoms. The van der Waals surface area contributed by atoms with E-state index in [-0.39, 0.29) is 23.7 Å². The van der Waals surface area contributed by atoms with Crippen LogP contribution in [-0.2, 0) is 30.4 Å². The van der Waals surface area contributed by atoms with Gasteiger partial charge in [0.05, 0.1) is 6.04 Å². The van der Waals surface area contributed by atoms with Crippen molar-refractivity contribution in [3.63, 3.8) is 0 Å². The van der Waals surface area contributed by atoms with E-state index < -0.39 is 54.4 Å². The average molecular weight is 590 g/mol. The summed E-state index contributed by atoms with van der Waals surface area (Å²) in [6.45, 7) is 10.8. The van der Waals surface area contributed by atoms with Crippen LogP contribution in [0, 0.1) is 17.8 Å². The molecule has 0 saturated heterocycles. The normalized spacial score (nSPS) is 14.2. The first-order valence-corrected chi connectivity index (χ1v) is 14.6. The molecule has 1 rings (SSSR count). The fourth-order valence-corrected chi connectivity index (χ4v) is 4.71. The third-order valence-electron chi connectivity index (χ3n) is 7.06. The zero-order valence-electron chi connectivity index (χ0n) is 26.6. The van der Waals surface area contributed by atoms with E-state index in [1.165, 1.54) is 19.0 Å². The van der Waals surface area contributed by atoms with Crippen molar-refractivity contribution in [2.24, 2.45) is 17.8 Å². The SMILES string of the molecule is CN[C@@H](Cc1ccccc1)C(=O)N[C@@H](CC(C)C)C(=O)N(C)[C@@H](CC(C)C)C(=O)N[C@H](C(=O)N(C)CC(=O)O)C(C)C. The lowest BCUT2D eigenvalue weighted by Gasteiger charge is -2.34. The van der Waals surface area contributed by atoms with Crippen molar-refractivity contribution in [1.82, 2.24) is 25.8 Å². The summed E-state index contributed by atoms with van der Waals surface area (Å²) in [6.07, 6.45) is 1.15. The number of rotatable bonds is 17. The number of carboxylic acid groups (broad SMARTS) is 1. The second-order valence-electron chi connectivity index (χ2n) is 12.1. The summed E-state index contributed by atoms with van der Waals surface area (Å²) in [5.74, 6) is -3.12. The Morgan fingerprint density at radius 3 is 1.83 bits per heavy atom. The zero-order chi connectivity index (χ0) is 32.1. The second-order valence-corrected chi connectivity index (χ2v) is 12.1. The molecule has 4 amide bonds. The summed E-state index contributed by atoms with van der Waals surface area (Å²) < 4.78 is 0. The molecule has 0 fully saturated rings. The number of carboxylic acids is 1. The van der Waals surface area contributed by atoms with Crippen molar-refractivity contribution in [3.05, 3.63) is 35.9 Å². The van der Waals surface area contributed by atoms with Crippen LogP contribution in [-0.4, -0.2) is 96.4 Å². The molecule has 1 aromatic rings. The molecular formula is C31H51N5O6. The van der Waals surface area contributed by atoms with Gasteiger partial charge in [0.1, 0.15) is 24.7 Å². The third-order valence-corrected chi connectivity index (χ3v) is 7.06. The third kappa shape index (κ3) is 11.8. The number of amides is 4. The molecule has 0 unspecified atom stereocenters. The maximum atomic E-state index is 13.9. The van der Waals surface area contributed by atoms with Crippen molar-refractivity contribution >= 4 is 29.6 Å². The minimum Gasteiger partial charge on any atom is -0.480 e. The van der Waals surface area contributed by atoms with E-state index in [1.54, 1.807) is 20.9 Å². The fourth-order valence-electron chi connectivity index (χ4n) is 4.71. The molecule has 42 heavy (non-hydrogen) atoms. The molecule has 0 bridgehead atoms. The number of nitrogens with one attached hydrogen (secondary N) is 3. The van der Waals surface area contributed by atoms with Gasteiger partial charge in [-0.25, -0.2) is 0 Å². The lowest BCUT2D eigenvalue weighted by molar-refractivity contribution is -0.147. The van der Waals surface area contributed by atoms with E-state index >= 15 is 0 Å². The maximum absolute atomic E-state index is 13.9. The van der Waals surface area contributed by atoms with E-state index in [9.17, 15) is 24.0 Å². The molecule has 0 saturated carbocycles. The van der Waals surface area contributed by atoms with Gasteiger partial charge in [-0.2, -0.15) is 0 Å². The predicted octanol–water partition coefficient (Wildman–Crippen LogP) is 1.90. The van der Waals surface area contributed by atoms with Gasteiger partial charge in [-0.1, -0.05) is 71.9 Å². The Balaban J connectivity index is 3.20. The first-order chi connectivity index (χ1) is 19.6. The quantitative estimate of drug-likeness (QED) is 0.217. The summed E-state index contributed by atoms with van der Waals surface area (Å²) in [6, 6.07) is 6.28. The predicted molar refractivity (Wildman–Crippen MR) is 162 cm³/mol. The van der Waals surface area contributed by atoms with Crippen LogP contribution in [0.4, 0.5) is 0 Å². The second kappa shape index (κ2) is 17.5. The molecule has 11 heteroatoms. The van der Waals surface area contributed by atoms with Crippen molar-refractivity contribution in [2.75, 3.05) is 27.7 Å². The molecule has 4 atom stereocenters. The molecule has 0 aliphatic rings. The van der Waals surface area contributed by atoms with E-state index in [0.717, 1.165) is 10.5 Å². The van der Waals surface area contributed by atoms with Crippen molar-refractivity contribution in [3.8, 4) is 0 Å². The summed E-state index contributed by atoms with van der Waals surface area (Å²) in [5, 5.41) is 17.8. The Morgan fingerprint density at radius 2 is 1.36 bits per heavy atom. The number of aliphatic carboxylic acids is 1. The molecule has 1 aromatic carbocycles. The van der Waals surface area contributed by atoms with Crippen LogP contribution in [0.15, 0.2) is 30.3 Å².